The highest BCUT2D eigenvalue weighted by Gasteiger charge is 2.32. The van der Waals surface area contributed by atoms with Crippen LogP contribution in [0.25, 0.3) is 0 Å². The highest BCUT2D eigenvalue weighted by Crippen LogP contribution is 2.38. The number of nitriles is 1. The van der Waals surface area contributed by atoms with E-state index in [0.29, 0.717) is 24.3 Å². The minimum atomic E-state index is -0.187. The zero-order valence-electron chi connectivity index (χ0n) is 13.2. The number of hydrogen-bond acceptors (Lipinski definition) is 5. The molecule has 1 aromatic rings. The number of benzene rings is 1. The Kier molecular flexibility index (Phi) is 6.48. The van der Waals surface area contributed by atoms with Crippen molar-refractivity contribution in [1.29, 1.82) is 5.26 Å². The standard InChI is InChI=1S/C17H20N2O3S/c1-22-16(21)5-3-2-4-10-19-15(20)12-23-17(19)14-8-6-13(11-18)7-9-14/h6-9,17H,2-5,10,12H2,1H3. The van der Waals surface area contributed by atoms with E-state index in [1.807, 2.05) is 17.0 Å². The molecule has 0 spiro atoms. The van der Waals surface area contributed by atoms with E-state index in [1.54, 1.807) is 23.9 Å². The van der Waals surface area contributed by atoms with Crippen LogP contribution in [-0.2, 0) is 14.3 Å². The van der Waals surface area contributed by atoms with Crippen LogP contribution in [0.2, 0.25) is 0 Å². The van der Waals surface area contributed by atoms with Gasteiger partial charge in [0.15, 0.2) is 0 Å². The largest absolute Gasteiger partial charge is 0.469 e. The molecule has 6 heteroatoms. The zero-order valence-corrected chi connectivity index (χ0v) is 14.0. The summed E-state index contributed by atoms with van der Waals surface area (Å²) in [6.45, 7) is 0.692. The third-order valence-electron chi connectivity index (χ3n) is 3.80. The van der Waals surface area contributed by atoms with E-state index in [-0.39, 0.29) is 17.3 Å². The molecule has 0 bridgehead atoms. The first-order valence-corrected chi connectivity index (χ1v) is 8.68. The van der Waals surface area contributed by atoms with Gasteiger partial charge in [0, 0.05) is 13.0 Å². The Hall–Kier alpha value is -2.00. The van der Waals surface area contributed by atoms with Gasteiger partial charge in [-0.25, -0.2) is 0 Å². The molecule has 1 amide bonds. The summed E-state index contributed by atoms with van der Waals surface area (Å²) in [6.07, 6.45) is 2.97. The van der Waals surface area contributed by atoms with Crippen LogP contribution in [0.4, 0.5) is 0 Å². The van der Waals surface area contributed by atoms with Crippen molar-refractivity contribution in [2.45, 2.75) is 31.1 Å². The fourth-order valence-electron chi connectivity index (χ4n) is 2.52. The van der Waals surface area contributed by atoms with E-state index in [4.69, 9.17) is 5.26 Å². The molecule has 0 radical (unpaired) electrons. The molecular formula is C17H20N2O3S. The highest BCUT2D eigenvalue weighted by atomic mass is 32.2. The van der Waals surface area contributed by atoms with Crippen molar-refractivity contribution in [2.24, 2.45) is 0 Å². The number of thioether (sulfide) groups is 1. The van der Waals surface area contributed by atoms with Gasteiger partial charge in [-0.1, -0.05) is 18.6 Å². The minimum absolute atomic E-state index is 0.0239. The van der Waals surface area contributed by atoms with E-state index in [1.165, 1.54) is 7.11 Å². The third kappa shape index (κ3) is 4.73. The van der Waals surface area contributed by atoms with Crippen molar-refractivity contribution in [1.82, 2.24) is 4.90 Å². The van der Waals surface area contributed by atoms with Crippen LogP contribution < -0.4 is 0 Å². The van der Waals surface area contributed by atoms with Crippen LogP contribution in [0.1, 0.15) is 42.2 Å². The lowest BCUT2D eigenvalue weighted by Crippen LogP contribution is -2.29. The normalized spacial score (nSPS) is 17.1. The number of rotatable bonds is 7. The summed E-state index contributed by atoms with van der Waals surface area (Å²) in [4.78, 5) is 25.0. The Balaban J connectivity index is 1.87. The molecule has 1 aromatic carbocycles. The Morgan fingerprint density at radius 3 is 2.74 bits per heavy atom. The topological polar surface area (TPSA) is 70.4 Å². The minimum Gasteiger partial charge on any atom is -0.469 e. The first-order chi connectivity index (χ1) is 11.2. The predicted octanol–water partition coefficient (Wildman–Crippen LogP) is 2.87. The molecule has 122 valence electrons. The zero-order chi connectivity index (χ0) is 16.7. The SMILES string of the molecule is COC(=O)CCCCCN1C(=O)CSC1c1ccc(C#N)cc1. The van der Waals surface area contributed by atoms with Crippen LogP contribution in [0.5, 0.6) is 0 Å². The summed E-state index contributed by atoms with van der Waals surface area (Å²) in [5.74, 6) is 0.456. The van der Waals surface area contributed by atoms with E-state index in [2.05, 4.69) is 10.8 Å². The van der Waals surface area contributed by atoms with Gasteiger partial charge in [-0.15, -0.1) is 11.8 Å². The number of hydrogen-bond donors (Lipinski definition) is 0. The molecule has 1 heterocycles. The van der Waals surface area contributed by atoms with E-state index in [0.717, 1.165) is 24.8 Å². The number of amides is 1. The lowest BCUT2D eigenvalue weighted by atomic mass is 10.1. The fraction of sp³-hybridized carbons (Fsp3) is 0.471. The summed E-state index contributed by atoms with van der Waals surface area (Å²) in [5, 5.41) is 8.88. The summed E-state index contributed by atoms with van der Waals surface area (Å²) < 4.78 is 4.61. The van der Waals surface area contributed by atoms with Gasteiger partial charge in [-0.2, -0.15) is 5.26 Å². The summed E-state index contributed by atoms with van der Waals surface area (Å²) in [5.41, 5.74) is 1.67. The second-order valence-electron chi connectivity index (χ2n) is 5.37. The van der Waals surface area contributed by atoms with Crippen molar-refractivity contribution in [3.8, 4) is 6.07 Å². The second-order valence-corrected chi connectivity index (χ2v) is 6.44. The Labute approximate surface area is 140 Å². The molecule has 23 heavy (non-hydrogen) atoms. The van der Waals surface area contributed by atoms with Crippen molar-refractivity contribution in [3.63, 3.8) is 0 Å². The Bertz CT molecular complexity index is 595. The van der Waals surface area contributed by atoms with Gasteiger partial charge < -0.3 is 9.64 Å². The number of carbonyl (C=O) groups excluding carboxylic acids is 2. The van der Waals surface area contributed by atoms with Crippen molar-refractivity contribution in [3.05, 3.63) is 35.4 Å². The van der Waals surface area contributed by atoms with Gasteiger partial charge >= 0.3 is 5.97 Å². The number of ether oxygens (including phenoxy) is 1. The number of nitrogens with zero attached hydrogens (tertiary/aromatic N) is 2. The van der Waals surface area contributed by atoms with Crippen molar-refractivity contribution >= 4 is 23.6 Å². The van der Waals surface area contributed by atoms with Crippen LogP contribution in [0, 0.1) is 11.3 Å². The van der Waals surface area contributed by atoms with E-state index in [9.17, 15) is 9.59 Å². The Morgan fingerprint density at radius 2 is 2.09 bits per heavy atom. The molecule has 1 aliphatic rings. The predicted molar refractivity (Wildman–Crippen MR) is 88.6 cm³/mol. The number of methoxy groups -OCH3 is 1. The van der Waals surface area contributed by atoms with Crippen LogP contribution >= 0.6 is 11.8 Å². The molecule has 1 saturated heterocycles. The van der Waals surface area contributed by atoms with Crippen molar-refractivity contribution in [2.75, 3.05) is 19.4 Å². The average Bonchev–Trinajstić information content (AvgIpc) is 2.95. The molecule has 0 aliphatic carbocycles. The molecule has 5 nitrogen and oxygen atoms in total. The van der Waals surface area contributed by atoms with Gasteiger partial charge in [0.25, 0.3) is 0 Å². The van der Waals surface area contributed by atoms with Crippen LogP contribution in [0.15, 0.2) is 24.3 Å². The molecule has 0 N–H and O–H groups in total. The van der Waals surface area contributed by atoms with Gasteiger partial charge in [0.1, 0.15) is 5.37 Å². The fourth-order valence-corrected chi connectivity index (χ4v) is 3.74. The van der Waals surface area contributed by atoms with E-state index >= 15 is 0 Å². The lowest BCUT2D eigenvalue weighted by molar-refractivity contribution is -0.140. The highest BCUT2D eigenvalue weighted by molar-refractivity contribution is 8.00. The maximum absolute atomic E-state index is 12.1. The van der Waals surface area contributed by atoms with Gasteiger partial charge in [-0.3, -0.25) is 9.59 Å². The maximum atomic E-state index is 12.1. The Morgan fingerprint density at radius 1 is 1.35 bits per heavy atom. The van der Waals surface area contributed by atoms with E-state index < -0.39 is 0 Å². The molecule has 1 fully saturated rings. The molecular weight excluding hydrogens is 312 g/mol. The van der Waals surface area contributed by atoms with Gasteiger partial charge in [0.2, 0.25) is 5.91 Å². The molecule has 1 unspecified atom stereocenters. The first-order valence-electron chi connectivity index (χ1n) is 7.63. The molecule has 1 aliphatic heterocycles. The average molecular weight is 332 g/mol. The van der Waals surface area contributed by atoms with Crippen LogP contribution in [0.3, 0.4) is 0 Å². The molecule has 0 aromatic heterocycles. The smallest absolute Gasteiger partial charge is 0.305 e. The second kappa shape index (κ2) is 8.59. The monoisotopic (exact) mass is 332 g/mol. The molecule has 1 atom stereocenters. The summed E-state index contributed by atoms with van der Waals surface area (Å²) in [7, 11) is 1.39. The number of esters is 1. The number of carbonyl (C=O) groups is 2. The molecule has 2 rings (SSSR count). The number of unbranched alkanes of at least 4 members (excludes halogenated alkanes) is 2. The third-order valence-corrected chi connectivity index (χ3v) is 5.06. The first kappa shape index (κ1) is 17.4. The quantitative estimate of drug-likeness (QED) is 0.567. The van der Waals surface area contributed by atoms with Crippen LogP contribution in [-0.4, -0.2) is 36.2 Å². The van der Waals surface area contributed by atoms with Gasteiger partial charge in [-0.05, 0) is 30.5 Å². The maximum Gasteiger partial charge on any atom is 0.305 e. The molecule has 0 saturated carbocycles. The summed E-state index contributed by atoms with van der Waals surface area (Å²) in [6, 6.07) is 9.50. The van der Waals surface area contributed by atoms with Crippen molar-refractivity contribution < 1.29 is 14.3 Å². The summed E-state index contributed by atoms with van der Waals surface area (Å²) >= 11 is 1.62. The van der Waals surface area contributed by atoms with Gasteiger partial charge in [0.05, 0.1) is 24.5 Å². The lowest BCUT2D eigenvalue weighted by Gasteiger charge is -2.24.